The lowest BCUT2D eigenvalue weighted by Crippen LogP contribution is -2.48. The normalized spacial score (nSPS) is 12.8. The Morgan fingerprint density at radius 3 is 2.43 bits per heavy atom. The highest BCUT2D eigenvalue weighted by Gasteiger charge is 2.23. The Labute approximate surface area is 176 Å². The zero-order valence-electron chi connectivity index (χ0n) is 15.8. The molecule has 2 atom stereocenters. The fourth-order valence-corrected chi connectivity index (χ4v) is 3.48. The van der Waals surface area contributed by atoms with E-state index < -0.39 is 29.7 Å². The van der Waals surface area contributed by atoms with Crippen molar-refractivity contribution < 1.29 is 23.5 Å². The molecule has 3 N–H and O–H groups in total. The van der Waals surface area contributed by atoms with E-state index in [1.807, 2.05) is 30.3 Å². The number of rotatable bonds is 8. The molecule has 0 spiro atoms. The van der Waals surface area contributed by atoms with E-state index in [0.717, 1.165) is 17.7 Å². The van der Waals surface area contributed by atoms with Gasteiger partial charge in [-0.2, -0.15) is 0 Å². The summed E-state index contributed by atoms with van der Waals surface area (Å²) < 4.78 is 26.4. The number of aliphatic hydroxyl groups excluding tert-OH is 1. The van der Waals surface area contributed by atoms with Gasteiger partial charge in [0.15, 0.2) is 11.6 Å². The third-order valence-corrected chi connectivity index (χ3v) is 5.32. The third kappa shape index (κ3) is 5.71. The molecule has 8 heteroatoms. The highest BCUT2D eigenvalue weighted by atomic mass is 32.1. The second-order valence-corrected chi connectivity index (χ2v) is 7.58. The highest BCUT2D eigenvalue weighted by Crippen LogP contribution is 2.16. The summed E-state index contributed by atoms with van der Waals surface area (Å²) in [5, 5.41) is 17.2. The van der Waals surface area contributed by atoms with E-state index in [4.69, 9.17) is 0 Å². The van der Waals surface area contributed by atoms with E-state index >= 15 is 0 Å². The Kier molecular flexibility index (Phi) is 7.26. The molecule has 0 aliphatic rings. The first kappa shape index (κ1) is 21.6. The molecule has 5 nitrogen and oxygen atoms in total. The maximum atomic E-state index is 13.4. The van der Waals surface area contributed by atoms with E-state index in [0.29, 0.717) is 4.88 Å². The van der Waals surface area contributed by atoms with Gasteiger partial charge in [-0.25, -0.2) is 8.78 Å². The maximum absolute atomic E-state index is 13.4. The molecule has 2 amide bonds. The molecule has 0 fully saturated rings. The highest BCUT2D eigenvalue weighted by molar-refractivity contribution is 7.12. The average Bonchev–Trinajstić information content (AvgIpc) is 3.29. The largest absolute Gasteiger partial charge is 0.387 e. The van der Waals surface area contributed by atoms with E-state index in [1.165, 1.54) is 17.4 Å². The van der Waals surface area contributed by atoms with Gasteiger partial charge < -0.3 is 15.7 Å². The summed E-state index contributed by atoms with van der Waals surface area (Å²) in [6.07, 6.45) is -0.972. The summed E-state index contributed by atoms with van der Waals surface area (Å²) in [7, 11) is 0. The minimum atomic E-state index is -1.23. The summed E-state index contributed by atoms with van der Waals surface area (Å²) in [5.41, 5.74) is 0.988. The molecule has 1 aromatic heterocycles. The van der Waals surface area contributed by atoms with Crippen LogP contribution in [0.25, 0.3) is 0 Å². The molecule has 2 unspecified atom stereocenters. The number of nitrogens with one attached hydrogen (secondary N) is 2. The van der Waals surface area contributed by atoms with Crippen molar-refractivity contribution in [2.45, 2.75) is 18.6 Å². The van der Waals surface area contributed by atoms with Crippen LogP contribution in [-0.4, -0.2) is 29.5 Å². The lowest BCUT2D eigenvalue weighted by molar-refractivity contribution is -0.123. The van der Waals surface area contributed by atoms with Gasteiger partial charge in [0, 0.05) is 13.0 Å². The van der Waals surface area contributed by atoms with Crippen molar-refractivity contribution in [1.82, 2.24) is 10.6 Å². The van der Waals surface area contributed by atoms with E-state index in [1.54, 1.807) is 17.5 Å². The Balaban J connectivity index is 1.67. The first-order chi connectivity index (χ1) is 14.4. The second-order valence-electron chi connectivity index (χ2n) is 6.63. The maximum Gasteiger partial charge on any atom is 0.262 e. The zero-order valence-corrected chi connectivity index (χ0v) is 16.7. The molecule has 3 rings (SSSR count). The number of carbonyl (C=O) groups excluding carboxylic acids is 2. The van der Waals surface area contributed by atoms with Crippen LogP contribution in [0.15, 0.2) is 66.0 Å². The van der Waals surface area contributed by atoms with E-state index in [-0.39, 0.29) is 24.4 Å². The second kappa shape index (κ2) is 10.1. The quantitative estimate of drug-likeness (QED) is 0.514. The molecule has 0 aliphatic heterocycles. The molecule has 0 bridgehead atoms. The standard InChI is InChI=1S/C22H20F2N2O3S/c23-16-9-8-15(12-17(16)24)19(27)13-25-21(28)18(11-14-5-2-1-3-6-14)26-22(29)20-7-4-10-30-20/h1-10,12,18-19,27H,11,13H2,(H,25,28)(H,26,29). The van der Waals surface area contributed by atoms with E-state index in [9.17, 15) is 23.5 Å². The molecule has 0 aliphatic carbocycles. The number of aliphatic hydroxyl groups is 1. The van der Waals surface area contributed by atoms with Gasteiger partial charge in [0.05, 0.1) is 11.0 Å². The number of halogens is 2. The molecule has 0 saturated heterocycles. The van der Waals surface area contributed by atoms with Crippen LogP contribution < -0.4 is 10.6 Å². The van der Waals surface area contributed by atoms with Crippen LogP contribution in [0.2, 0.25) is 0 Å². The molecule has 0 saturated carbocycles. The first-order valence-electron chi connectivity index (χ1n) is 9.23. The van der Waals surface area contributed by atoms with Crippen LogP contribution in [0.5, 0.6) is 0 Å². The minimum Gasteiger partial charge on any atom is -0.387 e. The summed E-state index contributed by atoms with van der Waals surface area (Å²) in [6.45, 7) is -0.218. The van der Waals surface area contributed by atoms with Gasteiger partial charge >= 0.3 is 0 Å². The van der Waals surface area contributed by atoms with Gasteiger partial charge in [0.1, 0.15) is 6.04 Å². The van der Waals surface area contributed by atoms with E-state index in [2.05, 4.69) is 10.6 Å². The van der Waals surface area contributed by atoms with Crippen molar-refractivity contribution >= 4 is 23.2 Å². The van der Waals surface area contributed by atoms with Gasteiger partial charge in [-0.15, -0.1) is 11.3 Å². The smallest absolute Gasteiger partial charge is 0.262 e. The molecule has 30 heavy (non-hydrogen) atoms. The fourth-order valence-electron chi connectivity index (χ4n) is 2.85. The SMILES string of the molecule is O=C(NC(Cc1ccccc1)C(=O)NCC(O)c1ccc(F)c(F)c1)c1cccs1. The average molecular weight is 430 g/mol. The molecule has 1 heterocycles. The monoisotopic (exact) mass is 430 g/mol. The predicted octanol–water partition coefficient (Wildman–Crippen LogP) is 3.22. The van der Waals surface area contributed by atoms with Crippen LogP contribution in [-0.2, 0) is 11.2 Å². The van der Waals surface area contributed by atoms with Crippen molar-refractivity contribution in [1.29, 1.82) is 0 Å². The Bertz CT molecular complexity index is 997. The van der Waals surface area contributed by atoms with Crippen LogP contribution in [0.1, 0.15) is 26.9 Å². The predicted molar refractivity (Wildman–Crippen MR) is 110 cm³/mol. The Hall–Kier alpha value is -3.10. The summed E-state index contributed by atoms with van der Waals surface area (Å²) in [5.74, 6) is -2.97. The molecule has 156 valence electrons. The molecule has 2 aromatic carbocycles. The number of hydrogen-bond donors (Lipinski definition) is 3. The van der Waals surface area contributed by atoms with Crippen molar-refractivity contribution in [3.8, 4) is 0 Å². The van der Waals surface area contributed by atoms with Gasteiger partial charge in [-0.3, -0.25) is 9.59 Å². The van der Waals surface area contributed by atoms with Crippen LogP contribution in [0.3, 0.4) is 0 Å². The Morgan fingerprint density at radius 2 is 1.77 bits per heavy atom. The Morgan fingerprint density at radius 1 is 1.00 bits per heavy atom. The van der Waals surface area contributed by atoms with Crippen LogP contribution in [0.4, 0.5) is 8.78 Å². The number of thiophene rings is 1. The van der Waals surface area contributed by atoms with Crippen molar-refractivity contribution in [3.63, 3.8) is 0 Å². The molecular weight excluding hydrogens is 410 g/mol. The minimum absolute atomic E-state index is 0.136. The number of amides is 2. The van der Waals surface area contributed by atoms with Gasteiger partial charge in [-0.05, 0) is 34.7 Å². The first-order valence-corrected chi connectivity index (χ1v) is 10.1. The van der Waals surface area contributed by atoms with Crippen LogP contribution >= 0.6 is 11.3 Å². The topological polar surface area (TPSA) is 78.4 Å². The van der Waals surface area contributed by atoms with Crippen molar-refractivity contribution in [2.24, 2.45) is 0 Å². The van der Waals surface area contributed by atoms with Crippen molar-refractivity contribution in [3.05, 3.63) is 93.7 Å². The molecule has 3 aromatic rings. The zero-order chi connectivity index (χ0) is 21.5. The summed E-state index contributed by atoms with van der Waals surface area (Å²) >= 11 is 1.26. The number of hydrogen-bond acceptors (Lipinski definition) is 4. The fraction of sp³-hybridized carbons (Fsp3) is 0.182. The van der Waals surface area contributed by atoms with Gasteiger partial charge in [0.25, 0.3) is 5.91 Å². The number of carbonyl (C=O) groups is 2. The van der Waals surface area contributed by atoms with Gasteiger partial charge in [-0.1, -0.05) is 42.5 Å². The van der Waals surface area contributed by atoms with Crippen molar-refractivity contribution in [2.75, 3.05) is 6.54 Å². The lowest BCUT2D eigenvalue weighted by Gasteiger charge is -2.20. The van der Waals surface area contributed by atoms with Crippen LogP contribution in [0, 0.1) is 11.6 Å². The summed E-state index contributed by atoms with van der Waals surface area (Å²) in [6, 6.07) is 14.8. The lowest BCUT2D eigenvalue weighted by atomic mass is 10.0. The molecular formula is C22H20F2N2O3S. The third-order valence-electron chi connectivity index (χ3n) is 4.45. The van der Waals surface area contributed by atoms with Gasteiger partial charge in [0.2, 0.25) is 5.91 Å². The summed E-state index contributed by atoms with van der Waals surface area (Å²) in [4.78, 5) is 25.6. The molecule has 0 radical (unpaired) electrons. The number of benzene rings is 2.